The van der Waals surface area contributed by atoms with Crippen LogP contribution in [-0.2, 0) is 6.54 Å². The maximum Gasteiger partial charge on any atom is 0.213 e. The summed E-state index contributed by atoms with van der Waals surface area (Å²) in [5, 5.41) is 2.21. The van der Waals surface area contributed by atoms with Crippen molar-refractivity contribution in [1.82, 2.24) is 9.88 Å². The van der Waals surface area contributed by atoms with E-state index in [-0.39, 0.29) is 0 Å². The second kappa shape index (κ2) is 8.31. The largest absolute Gasteiger partial charge is 0.478 e. The van der Waals surface area contributed by atoms with Crippen molar-refractivity contribution in [2.45, 2.75) is 13.5 Å². The number of pyridine rings is 1. The zero-order valence-electron chi connectivity index (χ0n) is 15.2. The minimum Gasteiger partial charge on any atom is -0.478 e. The number of benzene rings is 2. The van der Waals surface area contributed by atoms with Crippen LogP contribution in [0.1, 0.15) is 18.1 Å². The Morgan fingerprint density at radius 3 is 2.44 bits per heavy atom. The lowest BCUT2D eigenvalue weighted by Crippen LogP contribution is -2.14. The van der Waals surface area contributed by atoms with Crippen LogP contribution in [0.5, 0.6) is 5.88 Å². The first kappa shape index (κ1) is 17.7. The molecule has 3 nitrogen and oxygen atoms in total. The molecule has 2 heterocycles. The van der Waals surface area contributed by atoms with Gasteiger partial charge in [0.05, 0.1) is 12.3 Å². The van der Waals surface area contributed by atoms with Crippen LogP contribution >= 0.6 is 11.8 Å². The first-order valence-corrected chi connectivity index (χ1v) is 9.97. The molecule has 0 aliphatic carbocycles. The molecule has 0 spiro atoms. The van der Waals surface area contributed by atoms with Crippen LogP contribution in [0.3, 0.4) is 0 Å². The number of aromatic nitrogens is 1. The van der Waals surface area contributed by atoms with E-state index in [9.17, 15) is 0 Å². The van der Waals surface area contributed by atoms with Crippen LogP contribution in [0.4, 0.5) is 0 Å². The zero-order chi connectivity index (χ0) is 18.5. The molecule has 0 saturated heterocycles. The first-order chi connectivity index (χ1) is 13.3. The molecular weight excluding hydrogens is 352 g/mol. The lowest BCUT2D eigenvalue weighted by molar-refractivity contribution is 0.327. The first-order valence-electron chi connectivity index (χ1n) is 9.03. The molecular formula is C23H21N2OS. The summed E-state index contributed by atoms with van der Waals surface area (Å²) < 4.78 is 5.47. The van der Waals surface area contributed by atoms with Gasteiger partial charge in [-0.1, -0.05) is 54.6 Å². The minimum atomic E-state index is 0.622. The van der Waals surface area contributed by atoms with Gasteiger partial charge in [0.15, 0.2) is 0 Å². The normalized spacial score (nSPS) is 13.5. The fourth-order valence-corrected chi connectivity index (χ4v) is 3.93. The van der Waals surface area contributed by atoms with Crippen LogP contribution < -0.4 is 4.74 Å². The van der Waals surface area contributed by atoms with Gasteiger partial charge in [0.25, 0.3) is 0 Å². The molecule has 1 radical (unpaired) electrons. The zero-order valence-corrected chi connectivity index (χ0v) is 16.0. The molecule has 0 fully saturated rings. The van der Waals surface area contributed by atoms with E-state index < -0.39 is 0 Å². The average molecular weight is 374 g/mol. The Balaban J connectivity index is 1.64. The van der Waals surface area contributed by atoms with Crippen molar-refractivity contribution in [3.05, 3.63) is 95.3 Å². The van der Waals surface area contributed by atoms with Gasteiger partial charge in [-0.15, -0.1) is 11.8 Å². The molecule has 1 aromatic heterocycles. The Kier molecular flexibility index (Phi) is 5.45. The molecule has 0 bridgehead atoms. The molecule has 0 saturated carbocycles. The van der Waals surface area contributed by atoms with Crippen molar-refractivity contribution in [2.75, 3.05) is 6.61 Å². The summed E-state index contributed by atoms with van der Waals surface area (Å²) in [5.41, 5.74) is 5.98. The standard InChI is InChI=1S/C23H21N2OS/c1-2-26-23-13-12-19(14-24-23)20-10-6-7-11-21(20)22-16-27-17-25(22)15-18-8-4-3-5-9-18/h3-14,16-17H,2,15H2,1H3. The molecule has 0 N–H and O–H groups in total. The molecule has 0 unspecified atom stereocenters. The molecule has 0 atom stereocenters. The molecule has 1 aliphatic rings. The summed E-state index contributed by atoms with van der Waals surface area (Å²) in [5.74, 6) is 2.84. The van der Waals surface area contributed by atoms with E-state index in [2.05, 4.69) is 81.8 Å². The topological polar surface area (TPSA) is 25.4 Å². The van der Waals surface area contributed by atoms with Crippen molar-refractivity contribution < 1.29 is 4.74 Å². The van der Waals surface area contributed by atoms with E-state index in [1.54, 1.807) is 11.8 Å². The fourth-order valence-electron chi connectivity index (χ4n) is 3.14. The third-order valence-corrected chi connectivity index (χ3v) is 5.15. The van der Waals surface area contributed by atoms with Gasteiger partial charge in [0.1, 0.15) is 5.88 Å². The summed E-state index contributed by atoms with van der Waals surface area (Å²) in [6.45, 7) is 3.44. The highest BCUT2D eigenvalue weighted by atomic mass is 32.2. The van der Waals surface area contributed by atoms with Crippen LogP contribution in [0, 0.1) is 5.88 Å². The summed E-state index contributed by atoms with van der Waals surface area (Å²) in [4.78, 5) is 6.74. The number of rotatable bonds is 6. The third kappa shape index (κ3) is 4.01. The van der Waals surface area contributed by atoms with Gasteiger partial charge in [-0.3, -0.25) is 0 Å². The Bertz CT molecular complexity index is 923. The van der Waals surface area contributed by atoms with Gasteiger partial charge in [-0.25, -0.2) is 4.98 Å². The summed E-state index contributed by atoms with van der Waals surface area (Å²) in [6.07, 6.45) is 1.89. The number of thioether (sulfide) groups is 1. The predicted molar refractivity (Wildman–Crippen MR) is 113 cm³/mol. The van der Waals surface area contributed by atoms with E-state index in [0.29, 0.717) is 12.5 Å². The molecule has 2 aromatic carbocycles. The van der Waals surface area contributed by atoms with E-state index in [1.165, 1.54) is 22.4 Å². The summed E-state index contributed by atoms with van der Waals surface area (Å²) in [6, 6.07) is 23.0. The highest BCUT2D eigenvalue weighted by Gasteiger charge is 2.21. The smallest absolute Gasteiger partial charge is 0.213 e. The lowest BCUT2D eigenvalue weighted by atomic mass is 9.98. The van der Waals surface area contributed by atoms with Crippen molar-refractivity contribution >= 4 is 17.5 Å². The second-order valence-corrected chi connectivity index (χ2v) is 6.94. The van der Waals surface area contributed by atoms with E-state index in [1.807, 2.05) is 19.2 Å². The van der Waals surface area contributed by atoms with Gasteiger partial charge in [-0.2, -0.15) is 0 Å². The van der Waals surface area contributed by atoms with Crippen LogP contribution in [0.15, 0.2) is 78.3 Å². The predicted octanol–water partition coefficient (Wildman–Crippen LogP) is 5.81. The van der Waals surface area contributed by atoms with Crippen molar-refractivity contribution in [2.24, 2.45) is 0 Å². The molecule has 1 aliphatic heterocycles. The van der Waals surface area contributed by atoms with Crippen molar-refractivity contribution in [3.63, 3.8) is 0 Å². The molecule has 4 rings (SSSR count). The average Bonchev–Trinajstić information content (AvgIpc) is 3.17. The van der Waals surface area contributed by atoms with E-state index in [4.69, 9.17) is 4.74 Å². The number of hydrogen-bond acceptors (Lipinski definition) is 4. The lowest BCUT2D eigenvalue weighted by Gasteiger charge is -2.23. The van der Waals surface area contributed by atoms with Crippen LogP contribution in [-0.4, -0.2) is 16.5 Å². The third-order valence-electron chi connectivity index (χ3n) is 4.42. The summed E-state index contributed by atoms with van der Waals surface area (Å²) in [7, 11) is 0. The Labute approximate surface area is 164 Å². The highest BCUT2D eigenvalue weighted by Crippen LogP contribution is 2.39. The molecule has 27 heavy (non-hydrogen) atoms. The van der Waals surface area contributed by atoms with Gasteiger partial charge < -0.3 is 9.64 Å². The molecule has 0 amide bonds. The fraction of sp³-hybridized carbons (Fsp3) is 0.130. The SMILES string of the molecule is CCOc1ccc(-c2ccccc2C2=CS[CH]N2Cc2ccccc2)cn1. The van der Waals surface area contributed by atoms with Crippen molar-refractivity contribution in [3.8, 4) is 17.0 Å². The maximum atomic E-state index is 5.47. The minimum absolute atomic E-state index is 0.622. The Morgan fingerprint density at radius 1 is 0.926 bits per heavy atom. The molecule has 4 heteroatoms. The second-order valence-electron chi connectivity index (χ2n) is 6.22. The van der Waals surface area contributed by atoms with Gasteiger partial charge in [-0.05, 0) is 29.5 Å². The molecule has 3 aromatic rings. The van der Waals surface area contributed by atoms with Gasteiger partial charge in [0.2, 0.25) is 5.88 Å². The number of nitrogens with zero attached hydrogens (tertiary/aromatic N) is 2. The number of ether oxygens (including phenoxy) is 1. The van der Waals surface area contributed by atoms with E-state index >= 15 is 0 Å². The van der Waals surface area contributed by atoms with Gasteiger partial charge in [0, 0.05) is 29.9 Å². The van der Waals surface area contributed by atoms with Crippen LogP contribution in [0.25, 0.3) is 16.8 Å². The monoisotopic (exact) mass is 373 g/mol. The Hall–Kier alpha value is -2.72. The quantitative estimate of drug-likeness (QED) is 0.544. The van der Waals surface area contributed by atoms with E-state index in [0.717, 1.165) is 12.1 Å². The molecule has 135 valence electrons. The number of hydrogen-bond donors (Lipinski definition) is 0. The highest BCUT2D eigenvalue weighted by molar-refractivity contribution is 8.04. The van der Waals surface area contributed by atoms with Crippen molar-refractivity contribution in [1.29, 1.82) is 0 Å². The maximum absolute atomic E-state index is 5.47. The van der Waals surface area contributed by atoms with Gasteiger partial charge >= 0.3 is 0 Å². The van der Waals surface area contributed by atoms with Crippen LogP contribution in [0.2, 0.25) is 0 Å². The summed E-state index contributed by atoms with van der Waals surface area (Å²) >= 11 is 1.72. The Morgan fingerprint density at radius 2 is 1.70 bits per heavy atom.